The molecule has 0 unspecified atom stereocenters. The Labute approximate surface area is 187 Å². The van der Waals surface area contributed by atoms with Crippen molar-refractivity contribution in [2.45, 2.75) is 0 Å². The van der Waals surface area contributed by atoms with Crippen LogP contribution in [0.4, 0.5) is 14.5 Å². The first-order valence-electron chi connectivity index (χ1n) is 10.1. The van der Waals surface area contributed by atoms with Gasteiger partial charge in [-0.1, -0.05) is 66.7 Å². The lowest BCUT2D eigenvalue weighted by Gasteiger charge is -2.06. The molecule has 6 nitrogen and oxygen atoms in total. The van der Waals surface area contributed by atoms with E-state index in [4.69, 9.17) is 4.98 Å². The number of imidazole rings is 1. The largest absolute Gasteiger partial charge is 0.336 e. The van der Waals surface area contributed by atoms with E-state index in [2.05, 4.69) is 20.5 Å². The van der Waals surface area contributed by atoms with E-state index in [0.717, 1.165) is 29.0 Å². The molecule has 2 aromatic heterocycles. The van der Waals surface area contributed by atoms with E-state index in [1.807, 2.05) is 60.7 Å². The van der Waals surface area contributed by atoms with Crippen LogP contribution in [0, 0.1) is 11.6 Å². The predicted molar refractivity (Wildman–Crippen MR) is 121 cm³/mol. The summed E-state index contributed by atoms with van der Waals surface area (Å²) in [5.74, 6) is -2.44. The number of carbonyl (C=O) groups excluding carboxylic acids is 1. The Balaban J connectivity index is 1.56. The summed E-state index contributed by atoms with van der Waals surface area (Å²) in [6, 6.07) is 22.6. The van der Waals surface area contributed by atoms with Crippen LogP contribution >= 0.6 is 0 Å². The fourth-order valence-electron chi connectivity index (χ4n) is 3.57. The molecule has 2 heterocycles. The number of halogens is 2. The van der Waals surface area contributed by atoms with Crippen molar-refractivity contribution in [3.8, 4) is 34.0 Å². The summed E-state index contributed by atoms with van der Waals surface area (Å²) in [4.78, 5) is 20.6. The van der Waals surface area contributed by atoms with Gasteiger partial charge in [0.25, 0.3) is 5.91 Å². The van der Waals surface area contributed by atoms with Crippen molar-refractivity contribution >= 4 is 11.6 Å². The number of benzene rings is 3. The van der Waals surface area contributed by atoms with Gasteiger partial charge >= 0.3 is 0 Å². The number of nitrogens with zero attached hydrogens (tertiary/aromatic N) is 2. The van der Waals surface area contributed by atoms with Gasteiger partial charge in [0.1, 0.15) is 17.2 Å². The zero-order chi connectivity index (χ0) is 22.8. The molecule has 5 aromatic rings. The Morgan fingerprint density at radius 1 is 0.788 bits per heavy atom. The van der Waals surface area contributed by atoms with E-state index in [0.29, 0.717) is 17.2 Å². The molecule has 162 valence electrons. The van der Waals surface area contributed by atoms with Crippen molar-refractivity contribution in [3.63, 3.8) is 0 Å². The Morgan fingerprint density at radius 3 is 2.09 bits per heavy atom. The molecule has 33 heavy (non-hydrogen) atoms. The van der Waals surface area contributed by atoms with Gasteiger partial charge in [0.05, 0.1) is 17.1 Å². The summed E-state index contributed by atoms with van der Waals surface area (Å²) in [5, 5.41) is 9.40. The van der Waals surface area contributed by atoms with Crippen LogP contribution in [0.5, 0.6) is 0 Å². The highest BCUT2D eigenvalue weighted by atomic mass is 19.1. The lowest BCUT2D eigenvalue weighted by molar-refractivity contribution is 0.101. The molecule has 0 saturated heterocycles. The maximum absolute atomic E-state index is 14.0. The normalized spacial score (nSPS) is 10.8. The molecule has 0 aliphatic heterocycles. The fourth-order valence-corrected chi connectivity index (χ4v) is 3.57. The molecule has 0 atom stereocenters. The molecule has 3 N–H and O–H groups in total. The zero-order valence-electron chi connectivity index (χ0n) is 17.1. The second kappa shape index (κ2) is 8.51. The van der Waals surface area contributed by atoms with Crippen LogP contribution in [0.25, 0.3) is 34.0 Å². The van der Waals surface area contributed by atoms with Crippen molar-refractivity contribution < 1.29 is 13.6 Å². The molecule has 0 radical (unpaired) electrons. The van der Waals surface area contributed by atoms with Gasteiger partial charge in [0.2, 0.25) is 0 Å². The van der Waals surface area contributed by atoms with E-state index < -0.39 is 23.1 Å². The third-order valence-electron chi connectivity index (χ3n) is 5.12. The molecule has 0 bridgehead atoms. The number of carbonyl (C=O) groups is 1. The van der Waals surface area contributed by atoms with Gasteiger partial charge in [-0.05, 0) is 12.1 Å². The van der Waals surface area contributed by atoms with Crippen molar-refractivity contribution in [2.75, 3.05) is 5.32 Å². The van der Waals surface area contributed by atoms with Crippen LogP contribution in [0.3, 0.4) is 0 Å². The lowest BCUT2D eigenvalue weighted by atomic mass is 10.1. The number of rotatable bonds is 5. The molecule has 8 heteroatoms. The van der Waals surface area contributed by atoms with Gasteiger partial charge in [0.15, 0.2) is 11.5 Å². The summed E-state index contributed by atoms with van der Waals surface area (Å²) in [6.07, 6.45) is 1.43. The maximum Gasteiger partial charge on any atom is 0.261 e. The first kappa shape index (κ1) is 20.3. The summed E-state index contributed by atoms with van der Waals surface area (Å²) in [5.41, 5.74) is 3.17. The third-order valence-corrected chi connectivity index (χ3v) is 5.12. The lowest BCUT2D eigenvalue weighted by Crippen LogP contribution is -2.16. The number of hydrogen-bond donors (Lipinski definition) is 3. The van der Waals surface area contributed by atoms with Gasteiger partial charge in [-0.15, -0.1) is 0 Å². The van der Waals surface area contributed by atoms with Crippen molar-refractivity contribution in [2.24, 2.45) is 0 Å². The molecular weight excluding hydrogens is 424 g/mol. The number of aromatic nitrogens is 4. The molecule has 3 aromatic carbocycles. The molecule has 5 rings (SSSR count). The number of aromatic amines is 2. The molecular formula is C25H17F2N5O. The minimum Gasteiger partial charge on any atom is -0.336 e. The molecule has 0 aliphatic carbocycles. The van der Waals surface area contributed by atoms with Crippen molar-refractivity contribution in [1.82, 2.24) is 20.2 Å². The van der Waals surface area contributed by atoms with Crippen LogP contribution in [0.15, 0.2) is 85.1 Å². The first-order chi connectivity index (χ1) is 16.1. The highest BCUT2D eigenvalue weighted by molar-refractivity contribution is 6.06. The van der Waals surface area contributed by atoms with Crippen molar-refractivity contribution in [1.29, 1.82) is 0 Å². The van der Waals surface area contributed by atoms with E-state index in [-0.39, 0.29) is 5.69 Å². The number of hydrogen-bond acceptors (Lipinski definition) is 3. The minimum atomic E-state index is -0.951. The average Bonchev–Trinajstić information content (AvgIpc) is 3.47. The van der Waals surface area contributed by atoms with Crippen LogP contribution in [0.2, 0.25) is 0 Å². The summed E-state index contributed by atoms with van der Waals surface area (Å²) >= 11 is 0. The second-order valence-corrected chi connectivity index (χ2v) is 7.24. The van der Waals surface area contributed by atoms with Gasteiger partial charge in [-0.25, -0.2) is 13.8 Å². The van der Waals surface area contributed by atoms with E-state index in [1.54, 1.807) is 0 Å². The Morgan fingerprint density at radius 2 is 1.42 bits per heavy atom. The molecule has 0 fully saturated rings. The SMILES string of the molecule is O=C(Nc1c[nH]nc1-c1nc(-c2ccccc2)c(-c2ccccc2)[nH]1)c1c(F)cccc1F. The van der Waals surface area contributed by atoms with Crippen LogP contribution in [-0.4, -0.2) is 26.1 Å². The molecule has 0 aliphatic rings. The van der Waals surface area contributed by atoms with Gasteiger partial charge in [0, 0.05) is 17.3 Å². The van der Waals surface area contributed by atoms with Crippen LogP contribution in [0.1, 0.15) is 10.4 Å². The summed E-state index contributed by atoms with van der Waals surface area (Å²) < 4.78 is 28.1. The predicted octanol–water partition coefficient (Wildman–Crippen LogP) is 5.66. The monoisotopic (exact) mass is 441 g/mol. The van der Waals surface area contributed by atoms with Crippen LogP contribution < -0.4 is 5.32 Å². The second-order valence-electron chi connectivity index (χ2n) is 7.24. The zero-order valence-corrected chi connectivity index (χ0v) is 17.1. The number of amides is 1. The number of H-pyrrole nitrogens is 2. The quantitative estimate of drug-likeness (QED) is 0.329. The van der Waals surface area contributed by atoms with Gasteiger partial charge in [-0.3, -0.25) is 9.89 Å². The number of nitrogens with one attached hydrogen (secondary N) is 3. The Bertz CT molecular complexity index is 1350. The summed E-state index contributed by atoms with van der Waals surface area (Å²) in [7, 11) is 0. The van der Waals surface area contributed by atoms with Gasteiger partial charge in [-0.2, -0.15) is 5.10 Å². The van der Waals surface area contributed by atoms with E-state index >= 15 is 0 Å². The maximum atomic E-state index is 14.0. The first-order valence-corrected chi connectivity index (χ1v) is 10.1. The fraction of sp³-hybridized carbons (Fsp3) is 0. The third kappa shape index (κ3) is 3.89. The highest BCUT2D eigenvalue weighted by Crippen LogP contribution is 2.34. The van der Waals surface area contributed by atoms with E-state index in [1.165, 1.54) is 12.3 Å². The van der Waals surface area contributed by atoms with Gasteiger partial charge < -0.3 is 10.3 Å². The van der Waals surface area contributed by atoms with Crippen molar-refractivity contribution in [3.05, 3.63) is 102 Å². The highest BCUT2D eigenvalue weighted by Gasteiger charge is 2.22. The number of anilines is 1. The molecule has 1 amide bonds. The smallest absolute Gasteiger partial charge is 0.261 e. The topological polar surface area (TPSA) is 86.5 Å². The van der Waals surface area contributed by atoms with E-state index in [9.17, 15) is 13.6 Å². The Hall–Kier alpha value is -4.59. The molecule has 0 spiro atoms. The molecule has 0 saturated carbocycles. The standard InChI is InChI=1S/C25H17F2N5O/c26-17-12-7-13-18(27)20(17)25(33)29-19-14-28-32-23(19)24-30-21(15-8-3-1-4-9-15)22(31-24)16-10-5-2-6-11-16/h1-14H,(H,28,32)(H,29,33)(H,30,31). The average molecular weight is 441 g/mol. The van der Waals surface area contributed by atoms with Crippen LogP contribution in [-0.2, 0) is 0 Å². The summed E-state index contributed by atoms with van der Waals surface area (Å²) in [6.45, 7) is 0. The Kier molecular flexibility index (Phi) is 5.24. The minimum absolute atomic E-state index is 0.232.